The van der Waals surface area contributed by atoms with Gasteiger partial charge in [-0.25, -0.2) is 5.01 Å². The van der Waals surface area contributed by atoms with Crippen molar-refractivity contribution in [2.45, 2.75) is 37.5 Å². The van der Waals surface area contributed by atoms with Crippen molar-refractivity contribution in [2.24, 2.45) is 10.1 Å². The quantitative estimate of drug-likeness (QED) is 0.431. The van der Waals surface area contributed by atoms with Crippen molar-refractivity contribution in [1.29, 1.82) is 0 Å². The number of amidine groups is 1. The number of hydrogen-bond donors (Lipinski definition) is 1. The fourth-order valence-corrected chi connectivity index (χ4v) is 5.43. The number of nitrogens with one attached hydrogen (secondary N) is 1. The Balaban J connectivity index is 1.32. The molecule has 3 aromatic rings. The van der Waals surface area contributed by atoms with Gasteiger partial charge in [-0.05, 0) is 47.4 Å². The van der Waals surface area contributed by atoms with Crippen LogP contribution in [0, 0.1) is 0 Å². The predicted octanol–water partition coefficient (Wildman–Crippen LogP) is 6.08. The molecule has 36 heavy (non-hydrogen) atoms. The molecule has 0 aliphatic carbocycles. The number of carbonyl (C=O) groups is 2. The number of aryl methyl sites for hydroxylation is 1. The van der Waals surface area contributed by atoms with E-state index in [1.54, 1.807) is 0 Å². The summed E-state index contributed by atoms with van der Waals surface area (Å²) in [6.07, 6.45) is 1.64. The molecule has 0 fully saturated rings. The summed E-state index contributed by atoms with van der Waals surface area (Å²) < 4.78 is 0. The summed E-state index contributed by atoms with van der Waals surface area (Å²) in [5.41, 5.74) is 4.89. The average Bonchev–Trinajstić information content (AvgIpc) is 3.49. The van der Waals surface area contributed by atoms with Crippen molar-refractivity contribution in [3.05, 3.63) is 101 Å². The van der Waals surface area contributed by atoms with Gasteiger partial charge in [0.25, 0.3) is 5.91 Å². The number of anilines is 1. The number of hydrogen-bond acceptors (Lipinski definition) is 5. The molecule has 182 valence electrons. The van der Waals surface area contributed by atoms with E-state index in [0.29, 0.717) is 22.3 Å². The Morgan fingerprint density at radius 1 is 1.06 bits per heavy atom. The second kappa shape index (κ2) is 10.7. The van der Waals surface area contributed by atoms with Crippen LogP contribution in [0.15, 0.2) is 89.0 Å². The number of carbonyl (C=O) groups excluding carboxylic acids is 2. The number of aliphatic imine (C=N–C) groups is 1. The highest BCUT2D eigenvalue weighted by Gasteiger charge is 2.39. The van der Waals surface area contributed by atoms with Gasteiger partial charge in [0, 0.05) is 23.6 Å². The summed E-state index contributed by atoms with van der Waals surface area (Å²) >= 11 is 7.41. The summed E-state index contributed by atoms with van der Waals surface area (Å²) in [5, 5.41) is 10.1. The van der Waals surface area contributed by atoms with Gasteiger partial charge in [0.15, 0.2) is 5.17 Å². The molecule has 2 heterocycles. The van der Waals surface area contributed by atoms with E-state index in [0.717, 1.165) is 23.3 Å². The van der Waals surface area contributed by atoms with E-state index >= 15 is 0 Å². The Hall–Kier alpha value is -3.42. The highest BCUT2D eigenvalue weighted by atomic mass is 35.5. The van der Waals surface area contributed by atoms with Crippen LogP contribution in [0.5, 0.6) is 0 Å². The van der Waals surface area contributed by atoms with Crippen LogP contribution in [0.4, 0.5) is 5.69 Å². The van der Waals surface area contributed by atoms with E-state index in [2.05, 4.69) is 17.2 Å². The molecule has 5 rings (SSSR count). The zero-order valence-corrected chi connectivity index (χ0v) is 21.3. The van der Waals surface area contributed by atoms with Gasteiger partial charge in [-0.1, -0.05) is 84.9 Å². The van der Waals surface area contributed by atoms with Gasteiger partial charge < -0.3 is 5.32 Å². The molecular weight excluding hydrogens is 492 g/mol. The van der Waals surface area contributed by atoms with Crippen LogP contribution in [0.25, 0.3) is 0 Å². The molecule has 0 bridgehead atoms. The second-order valence-electron chi connectivity index (χ2n) is 8.67. The van der Waals surface area contributed by atoms with Crippen molar-refractivity contribution >= 4 is 51.7 Å². The first-order chi connectivity index (χ1) is 17.5. The van der Waals surface area contributed by atoms with E-state index < -0.39 is 5.25 Å². The number of halogens is 1. The summed E-state index contributed by atoms with van der Waals surface area (Å²) in [5.74, 6) is -0.532. The largest absolute Gasteiger partial charge is 0.326 e. The summed E-state index contributed by atoms with van der Waals surface area (Å²) in [6.45, 7) is 2.08. The lowest BCUT2D eigenvalue weighted by Gasteiger charge is -2.23. The molecule has 3 aromatic carbocycles. The lowest BCUT2D eigenvalue weighted by Crippen LogP contribution is -2.25. The number of thioether (sulfide) groups is 1. The van der Waals surface area contributed by atoms with Crippen LogP contribution < -0.4 is 5.32 Å². The standard InChI is InChI=1S/C28H25ClN4O2S/c1-2-18-8-14-22(15-9-18)30-26(34)17-25-27(35)31-28(36-25)33-24(20-10-12-21(29)13-11-20)16-23(32-33)19-6-4-3-5-7-19/h3-15,24-25H,2,16-17H2,1H3,(H,30,34)/t24-,25+/m0/s1. The lowest BCUT2D eigenvalue weighted by molar-refractivity contribution is -0.121. The number of benzene rings is 3. The zero-order chi connectivity index (χ0) is 25.1. The topological polar surface area (TPSA) is 74.1 Å². The Bertz CT molecular complexity index is 1320. The van der Waals surface area contributed by atoms with E-state index in [9.17, 15) is 9.59 Å². The molecule has 0 unspecified atom stereocenters. The van der Waals surface area contributed by atoms with Crippen molar-refractivity contribution in [2.75, 3.05) is 5.32 Å². The maximum Gasteiger partial charge on any atom is 0.262 e. The molecule has 0 radical (unpaired) electrons. The van der Waals surface area contributed by atoms with E-state index in [4.69, 9.17) is 16.7 Å². The molecule has 0 saturated carbocycles. The van der Waals surface area contributed by atoms with Crippen LogP contribution in [-0.2, 0) is 16.0 Å². The lowest BCUT2D eigenvalue weighted by atomic mass is 9.99. The summed E-state index contributed by atoms with van der Waals surface area (Å²) in [6, 6.07) is 25.2. The third kappa shape index (κ3) is 5.37. The second-order valence-corrected chi connectivity index (χ2v) is 10.3. The van der Waals surface area contributed by atoms with Crippen LogP contribution in [0.1, 0.15) is 42.5 Å². The molecule has 2 aliphatic heterocycles. The van der Waals surface area contributed by atoms with Gasteiger partial charge in [0.2, 0.25) is 5.91 Å². The Morgan fingerprint density at radius 2 is 1.78 bits per heavy atom. The van der Waals surface area contributed by atoms with Gasteiger partial charge in [-0.2, -0.15) is 10.1 Å². The Labute approximate surface area is 219 Å². The van der Waals surface area contributed by atoms with Crippen LogP contribution >= 0.6 is 23.4 Å². The maximum atomic E-state index is 12.8. The summed E-state index contributed by atoms with van der Waals surface area (Å²) in [4.78, 5) is 29.8. The van der Waals surface area contributed by atoms with E-state index in [-0.39, 0.29) is 24.3 Å². The SMILES string of the molecule is CCc1ccc(NC(=O)C[C@H]2SC(N3N=C(c4ccccc4)C[C@H]3c3ccc(Cl)cc3)=NC2=O)cc1. The molecule has 2 atom stereocenters. The van der Waals surface area contributed by atoms with Gasteiger partial charge in [-0.3, -0.25) is 9.59 Å². The first-order valence-electron chi connectivity index (χ1n) is 11.9. The van der Waals surface area contributed by atoms with Crippen molar-refractivity contribution < 1.29 is 9.59 Å². The Kier molecular flexibility index (Phi) is 7.20. The van der Waals surface area contributed by atoms with Crippen molar-refractivity contribution in [3.8, 4) is 0 Å². The first kappa shape index (κ1) is 24.3. The van der Waals surface area contributed by atoms with E-state index in [1.165, 1.54) is 17.3 Å². The zero-order valence-electron chi connectivity index (χ0n) is 19.7. The monoisotopic (exact) mass is 516 g/mol. The molecule has 6 nitrogen and oxygen atoms in total. The van der Waals surface area contributed by atoms with Gasteiger partial charge in [0.1, 0.15) is 5.25 Å². The molecule has 2 amide bonds. The third-order valence-electron chi connectivity index (χ3n) is 6.21. The molecule has 1 N–H and O–H groups in total. The van der Waals surface area contributed by atoms with Crippen LogP contribution in [0.3, 0.4) is 0 Å². The summed E-state index contributed by atoms with van der Waals surface area (Å²) in [7, 11) is 0. The number of amides is 2. The van der Waals surface area contributed by atoms with Crippen molar-refractivity contribution in [3.63, 3.8) is 0 Å². The van der Waals surface area contributed by atoms with Crippen LogP contribution in [-0.4, -0.2) is 33.0 Å². The molecule has 0 spiro atoms. The molecule has 8 heteroatoms. The molecule has 0 aromatic heterocycles. The smallest absolute Gasteiger partial charge is 0.262 e. The fraction of sp³-hybridized carbons (Fsp3) is 0.214. The highest BCUT2D eigenvalue weighted by Crippen LogP contribution is 2.38. The first-order valence-corrected chi connectivity index (χ1v) is 13.1. The maximum absolute atomic E-state index is 12.8. The third-order valence-corrected chi connectivity index (χ3v) is 7.61. The predicted molar refractivity (Wildman–Crippen MR) is 147 cm³/mol. The highest BCUT2D eigenvalue weighted by molar-refractivity contribution is 8.15. The number of hydrazone groups is 1. The molecular formula is C28H25ClN4O2S. The normalized spacial score (nSPS) is 19.3. The average molecular weight is 517 g/mol. The minimum Gasteiger partial charge on any atom is -0.326 e. The minimum atomic E-state index is -0.586. The van der Waals surface area contributed by atoms with E-state index in [1.807, 2.05) is 83.9 Å². The minimum absolute atomic E-state index is 0.0424. The van der Waals surface area contributed by atoms with Gasteiger partial charge in [-0.15, -0.1) is 0 Å². The van der Waals surface area contributed by atoms with Crippen molar-refractivity contribution in [1.82, 2.24) is 5.01 Å². The van der Waals surface area contributed by atoms with Crippen LogP contribution in [0.2, 0.25) is 5.02 Å². The number of nitrogens with zero attached hydrogens (tertiary/aromatic N) is 3. The molecule has 0 saturated heterocycles. The number of rotatable bonds is 6. The van der Waals surface area contributed by atoms with Gasteiger partial charge >= 0.3 is 0 Å². The fourth-order valence-electron chi connectivity index (χ4n) is 4.25. The molecule has 2 aliphatic rings. The Morgan fingerprint density at radius 3 is 2.47 bits per heavy atom. The van der Waals surface area contributed by atoms with Gasteiger partial charge in [0.05, 0.1) is 11.8 Å².